The van der Waals surface area contributed by atoms with Crippen LogP contribution in [0.5, 0.6) is 0 Å². The summed E-state index contributed by atoms with van der Waals surface area (Å²) in [6.07, 6.45) is 4.15. The smallest absolute Gasteiger partial charge is 0.126 e. The molecule has 2 heterocycles. The van der Waals surface area contributed by atoms with Gasteiger partial charge in [0, 0.05) is 12.6 Å². The van der Waals surface area contributed by atoms with E-state index in [-0.39, 0.29) is 18.0 Å². The first kappa shape index (κ1) is 13.2. The maximum atomic E-state index is 13.9. The Morgan fingerprint density at radius 2 is 2.40 bits per heavy atom. The van der Waals surface area contributed by atoms with E-state index in [0.717, 1.165) is 12.2 Å². The number of nitrogens with one attached hydrogen (secondary N) is 1. The summed E-state index contributed by atoms with van der Waals surface area (Å²) in [6.45, 7) is 3.43. The maximum Gasteiger partial charge on any atom is 0.126 e. The molecular formula is C14H17FN4O. The summed E-state index contributed by atoms with van der Waals surface area (Å²) in [5.41, 5.74) is 1.47. The van der Waals surface area contributed by atoms with Crippen molar-refractivity contribution in [2.75, 3.05) is 13.2 Å². The van der Waals surface area contributed by atoms with Crippen LogP contribution in [0.15, 0.2) is 30.6 Å². The van der Waals surface area contributed by atoms with Crippen molar-refractivity contribution in [2.45, 2.75) is 25.5 Å². The zero-order valence-corrected chi connectivity index (χ0v) is 11.3. The van der Waals surface area contributed by atoms with E-state index in [1.54, 1.807) is 23.1 Å². The lowest BCUT2D eigenvalue weighted by molar-refractivity contribution is 0.0154. The van der Waals surface area contributed by atoms with Crippen LogP contribution < -0.4 is 5.32 Å². The van der Waals surface area contributed by atoms with E-state index in [2.05, 4.69) is 15.6 Å². The third-order valence-corrected chi connectivity index (χ3v) is 3.46. The minimum atomic E-state index is -0.200. The number of rotatable bonds is 3. The molecular weight excluding hydrogens is 259 g/mol. The Hall–Kier alpha value is -1.79. The summed E-state index contributed by atoms with van der Waals surface area (Å²) < 4.78 is 21.1. The molecule has 5 nitrogen and oxygen atoms in total. The van der Waals surface area contributed by atoms with Crippen molar-refractivity contribution in [1.29, 1.82) is 0 Å². The summed E-state index contributed by atoms with van der Waals surface area (Å²) >= 11 is 0. The normalized spacial score (nSPS) is 22.9. The highest BCUT2D eigenvalue weighted by molar-refractivity contribution is 5.36. The molecule has 20 heavy (non-hydrogen) atoms. The largest absolute Gasteiger partial charge is 0.376 e. The molecule has 1 N–H and O–H groups in total. The molecule has 0 amide bonds. The number of aromatic nitrogens is 3. The quantitative estimate of drug-likeness (QED) is 0.919. The van der Waals surface area contributed by atoms with Gasteiger partial charge >= 0.3 is 0 Å². The first-order valence-corrected chi connectivity index (χ1v) is 6.72. The van der Waals surface area contributed by atoms with Crippen molar-refractivity contribution >= 4 is 0 Å². The molecule has 0 aliphatic carbocycles. The minimum absolute atomic E-state index is 0.145. The zero-order chi connectivity index (χ0) is 13.9. The van der Waals surface area contributed by atoms with Crippen molar-refractivity contribution in [3.8, 4) is 5.69 Å². The van der Waals surface area contributed by atoms with Gasteiger partial charge in [-0.2, -0.15) is 0 Å². The van der Waals surface area contributed by atoms with Gasteiger partial charge in [0.1, 0.15) is 5.82 Å². The number of hydrogen-bond acceptors (Lipinski definition) is 4. The molecule has 1 fully saturated rings. The molecule has 6 heteroatoms. The van der Waals surface area contributed by atoms with Gasteiger partial charge in [0.15, 0.2) is 0 Å². The van der Waals surface area contributed by atoms with Gasteiger partial charge < -0.3 is 10.1 Å². The van der Waals surface area contributed by atoms with Gasteiger partial charge in [0.05, 0.1) is 30.8 Å². The van der Waals surface area contributed by atoms with Gasteiger partial charge in [0.25, 0.3) is 0 Å². The molecule has 3 rings (SSSR count). The lowest BCUT2D eigenvalue weighted by atomic mass is 10.0. The van der Waals surface area contributed by atoms with Crippen LogP contribution in [-0.2, 0) is 11.2 Å². The van der Waals surface area contributed by atoms with Gasteiger partial charge in [0.2, 0.25) is 0 Å². The predicted molar refractivity (Wildman–Crippen MR) is 72.2 cm³/mol. The van der Waals surface area contributed by atoms with Crippen LogP contribution >= 0.6 is 0 Å². The van der Waals surface area contributed by atoms with Crippen LogP contribution in [0.1, 0.15) is 12.5 Å². The van der Waals surface area contributed by atoms with E-state index in [1.807, 2.05) is 13.0 Å². The van der Waals surface area contributed by atoms with E-state index in [4.69, 9.17) is 4.74 Å². The summed E-state index contributed by atoms with van der Waals surface area (Å²) in [5.74, 6) is -0.200. The van der Waals surface area contributed by atoms with E-state index in [1.165, 1.54) is 6.07 Å². The Morgan fingerprint density at radius 3 is 3.10 bits per heavy atom. The fourth-order valence-electron chi connectivity index (χ4n) is 2.33. The molecule has 0 unspecified atom stereocenters. The zero-order valence-electron chi connectivity index (χ0n) is 11.3. The van der Waals surface area contributed by atoms with Crippen molar-refractivity contribution in [2.24, 2.45) is 0 Å². The first-order chi connectivity index (χ1) is 9.72. The van der Waals surface area contributed by atoms with Crippen LogP contribution in [0, 0.1) is 5.82 Å². The Morgan fingerprint density at radius 1 is 1.50 bits per heavy atom. The molecule has 0 saturated carbocycles. The van der Waals surface area contributed by atoms with Gasteiger partial charge in [-0.3, -0.25) is 0 Å². The fraction of sp³-hybridized carbons (Fsp3) is 0.429. The second-order valence-electron chi connectivity index (χ2n) is 5.08. The van der Waals surface area contributed by atoms with Crippen LogP contribution in [0.25, 0.3) is 5.69 Å². The van der Waals surface area contributed by atoms with Crippen LogP contribution in [-0.4, -0.2) is 40.3 Å². The SMILES string of the molecule is C[C@@H]1CN[C@H](Cc2cc(-n3ccnn3)ccc2F)CO1. The number of ether oxygens (including phenoxy) is 1. The second kappa shape index (κ2) is 5.68. The van der Waals surface area contributed by atoms with Gasteiger partial charge in [-0.25, -0.2) is 9.07 Å². The molecule has 0 spiro atoms. The molecule has 1 aromatic carbocycles. The molecule has 1 aliphatic rings. The van der Waals surface area contributed by atoms with Crippen molar-refractivity contribution in [3.63, 3.8) is 0 Å². The fourth-order valence-corrected chi connectivity index (χ4v) is 2.33. The lowest BCUT2D eigenvalue weighted by Crippen LogP contribution is -2.46. The molecule has 1 aromatic heterocycles. The molecule has 0 bridgehead atoms. The van der Waals surface area contributed by atoms with Gasteiger partial charge in [-0.1, -0.05) is 5.21 Å². The average molecular weight is 276 g/mol. The van der Waals surface area contributed by atoms with Crippen LogP contribution in [0.4, 0.5) is 4.39 Å². The summed E-state index contributed by atoms with van der Waals surface area (Å²) in [5, 5.41) is 11.1. The Bertz CT molecular complexity index is 565. The monoisotopic (exact) mass is 276 g/mol. The van der Waals surface area contributed by atoms with E-state index in [0.29, 0.717) is 18.6 Å². The molecule has 1 aliphatic heterocycles. The summed E-state index contributed by atoms with van der Waals surface area (Å²) in [4.78, 5) is 0. The Kier molecular flexibility index (Phi) is 3.75. The number of halogens is 1. The van der Waals surface area contributed by atoms with Crippen molar-refractivity contribution < 1.29 is 9.13 Å². The highest BCUT2D eigenvalue weighted by Crippen LogP contribution is 2.16. The number of nitrogens with zero attached hydrogens (tertiary/aromatic N) is 3. The summed E-state index contributed by atoms with van der Waals surface area (Å²) in [7, 11) is 0. The predicted octanol–water partition coefficient (Wildman–Crippen LogP) is 1.33. The maximum absolute atomic E-state index is 13.9. The third kappa shape index (κ3) is 2.86. The number of hydrogen-bond donors (Lipinski definition) is 1. The molecule has 2 atom stereocenters. The Labute approximate surface area is 116 Å². The summed E-state index contributed by atoms with van der Waals surface area (Å²) in [6, 6.07) is 5.12. The molecule has 2 aromatic rings. The molecule has 0 radical (unpaired) electrons. The average Bonchev–Trinajstić information content (AvgIpc) is 2.98. The minimum Gasteiger partial charge on any atom is -0.376 e. The number of morpholine rings is 1. The molecule has 106 valence electrons. The van der Waals surface area contributed by atoms with Crippen LogP contribution in [0.3, 0.4) is 0 Å². The first-order valence-electron chi connectivity index (χ1n) is 6.72. The van der Waals surface area contributed by atoms with Crippen LogP contribution in [0.2, 0.25) is 0 Å². The van der Waals surface area contributed by atoms with E-state index < -0.39 is 0 Å². The van der Waals surface area contributed by atoms with E-state index >= 15 is 0 Å². The van der Waals surface area contributed by atoms with Crippen molar-refractivity contribution in [1.82, 2.24) is 20.3 Å². The van der Waals surface area contributed by atoms with E-state index in [9.17, 15) is 4.39 Å². The second-order valence-corrected chi connectivity index (χ2v) is 5.08. The third-order valence-electron chi connectivity index (χ3n) is 3.46. The Balaban J connectivity index is 1.77. The van der Waals surface area contributed by atoms with Gasteiger partial charge in [-0.05, 0) is 37.1 Å². The van der Waals surface area contributed by atoms with Crippen molar-refractivity contribution in [3.05, 3.63) is 42.0 Å². The van der Waals surface area contributed by atoms with Gasteiger partial charge in [-0.15, -0.1) is 5.10 Å². The highest BCUT2D eigenvalue weighted by atomic mass is 19.1. The molecule has 1 saturated heterocycles. The highest BCUT2D eigenvalue weighted by Gasteiger charge is 2.19. The number of benzene rings is 1. The lowest BCUT2D eigenvalue weighted by Gasteiger charge is -2.28. The standard InChI is InChI=1S/C14H17FN4O/c1-10-8-16-12(9-20-10)6-11-7-13(2-3-14(11)15)19-5-4-17-18-19/h2-5,7,10,12,16H,6,8-9H2,1H3/t10-,12-/m1/s1. The topological polar surface area (TPSA) is 52.0 Å².